The molecule has 3 heterocycles. The van der Waals surface area contributed by atoms with Gasteiger partial charge in [-0.3, -0.25) is 28.9 Å². The van der Waals surface area contributed by atoms with Crippen LogP contribution >= 0.6 is 11.6 Å². The maximum Gasteiger partial charge on any atom is 0.272 e. The molecular formula is C39H43ClFN7O7. The number of alkyl halides is 1. The zero-order chi connectivity index (χ0) is 38.7. The number of piperazine rings is 1. The molecule has 16 heteroatoms. The van der Waals surface area contributed by atoms with Crippen molar-refractivity contribution in [3.05, 3.63) is 99.2 Å². The van der Waals surface area contributed by atoms with Crippen molar-refractivity contribution >= 4 is 51.7 Å². The molecule has 0 aliphatic carbocycles. The van der Waals surface area contributed by atoms with Crippen molar-refractivity contribution in [2.75, 3.05) is 83.0 Å². The van der Waals surface area contributed by atoms with Crippen LogP contribution in [-0.2, 0) is 32.0 Å². The standard InChI is InChI=1S/C39H43ClFN7O7/c40-23-37(51)48-13-3-4-27-22-28(8-10-34(27)48)55-25-36(50)43-12-19-54-18-11-42-35(49)24-46-14-16-47(17-15-46)39(53)31-20-26(7-9-32(31)41)21-33-29-5-1-2-6-30(29)38(52)45-44-33/h1-2,5-10,20,22H,3-4,11-19,21,23-25H2,(H,42,49)(H,43,50)(H,45,52). The molecule has 0 atom stereocenters. The van der Waals surface area contributed by atoms with Gasteiger partial charge < -0.3 is 29.9 Å². The van der Waals surface area contributed by atoms with Crippen LogP contribution in [0.3, 0.4) is 0 Å². The first-order valence-electron chi connectivity index (χ1n) is 18.2. The van der Waals surface area contributed by atoms with E-state index in [1.807, 2.05) is 29.2 Å². The summed E-state index contributed by atoms with van der Waals surface area (Å²) in [5.41, 5.74) is 2.76. The highest BCUT2D eigenvalue weighted by atomic mass is 35.5. The number of aromatic amines is 1. The minimum atomic E-state index is -0.619. The molecule has 1 aromatic heterocycles. The summed E-state index contributed by atoms with van der Waals surface area (Å²) in [6.45, 7) is 3.27. The summed E-state index contributed by atoms with van der Waals surface area (Å²) in [7, 11) is 0. The second-order valence-electron chi connectivity index (χ2n) is 13.3. The number of carbonyl (C=O) groups is 4. The van der Waals surface area contributed by atoms with Crippen LogP contribution in [0.4, 0.5) is 10.1 Å². The van der Waals surface area contributed by atoms with E-state index in [1.165, 1.54) is 12.1 Å². The second-order valence-corrected chi connectivity index (χ2v) is 13.5. The lowest BCUT2D eigenvalue weighted by Gasteiger charge is -2.34. The average molecular weight is 776 g/mol. The van der Waals surface area contributed by atoms with Gasteiger partial charge in [-0.15, -0.1) is 11.6 Å². The van der Waals surface area contributed by atoms with E-state index in [0.29, 0.717) is 73.5 Å². The van der Waals surface area contributed by atoms with Gasteiger partial charge in [0.1, 0.15) is 17.4 Å². The Morgan fingerprint density at radius 3 is 2.40 bits per heavy atom. The number of hydrogen-bond donors (Lipinski definition) is 3. The molecular weight excluding hydrogens is 733 g/mol. The third kappa shape index (κ3) is 10.2. The maximum absolute atomic E-state index is 14.9. The molecule has 0 unspecified atom stereocenters. The molecule has 0 saturated carbocycles. The summed E-state index contributed by atoms with van der Waals surface area (Å²) in [4.78, 5) is 67.6. The lowest BCUT2D eigenvalue weighted by atomic mass is 10.0. The summed E-state index contributed by atoms with van der Waals surface area (Å²) in [5.74, 6) is -1.21. The molecule has 2 aliphatic heterocycles. The van der Waals surface area contributed by atoms with Gasteiger partial charge in [-0.25, -0.2) is 9.49 Å². The first-order valence-corrected chi connectivity index (χ1v) is 18.7. The van der Waals surface area contributed by atoms with Crippen molar-refractivity contribution < 1.29 is 33.0 Å². The van der Waals surface area contributed by atoms with Crippen molar-refractivity contribution in [1.29, 1.82) is 0 Å². The van der Waals surface area contributed by atoms with Gasteiger partial charge in [-0.1, -0.05) is 24.3 Å². The van der Waals surface area contributed by atoms with Crippen LogP contribution in [0.15, 0.2) is 65.5 Å². The monoisotopic (exact) mass is 775 g/mol. The van der Waals surface area contributed by atoms with Crippen molar-refractivity contribution in [2.45, 2.75) is 19.3 Å². The highest BCUT2D eigenvalue weighted by molar-refractivity contribution is 6.29. The molecule has 4 amide bonds. The Morgan fingerprint density at radius 2 is 1.64 bits per heavy atom. The molecule has 0 bridgehead atoms. The number of anilines is 1. The predicted octanol–water partition coefficient (Wildman–Crippen LogP) is 2.26. The molecule has 4 aromatic rings. The third-order valence-corrected chi connectivity index (χ3v) is 9.76. The summed E-state index contributed by atoms with van der Waals surface area (Å²) in [5, 5.41) is 13.4. The lowest BCUT2D eigenvalue weighted by Crippen LogP contribution is -2.51. The van der Waals surface area contributed by atoms with Gasteiger partial charge in [0, 0.05) is 63.3 Å². The SMILES string of the molecule is O=C(COc1ccc2c(c1)CCCN2C(=O)CCl)NCCOCCNC(=O)CN1CCN(C(=O)c2cc(Cc3n[nH]c(=O)c4ccccc34)ccc2F)CC1. The number of ether oxygens (including phenoxy) is 2. The fourth-order valence-electron chi connectivity index (χ4n) is 6.71. The smallest absolute Gasteiger partial charge is 0.272 e. The van der Waals surface area contributed by atoms with Gasteiger partial charge in [-0.05, 0) is 60.4 Å². The Hall–Kier alpha value is -5.38. The highest BCUT2D eigenvalue weighted by Gasteiger charge is 2.26. The first-order chi connectivity index (χ1) is 26.7. The fraction of sp³-hybridized carbons (Fsp3) is 0.385. The number of halogens is 2. The number of nitrogens with one attached hydrogen (secondary N) is 3. The minimum Gasteiger partial charge on any atom is -0.484 e. The fourth-order valence-corrected chi connectivity index (χ4v) is 6.85. The minimum absolute atomic E-state index is 0.0356. The van der Waals surface area contributed by atoms with Gasteiger partial charge in [0.2, 0.25) is 11.8 Å². The van der Waals surface area contributed by atoms with Crippen LogP contribution in [0.1, 0.15) is 33.6 Å². The Bertz CT molecular complexity index is 2090. The summed E-state index contributed by atoms with van der Waals surface area (Å²) in [6.07, 6.45) is 1.94. The highest BCUT2D eigenvalue weighted by Crippen LogP contribution is 2.31. The zero-order valence-corrected chi connectivity index (χ0v) is 31.0. The molecule has 0 radical (unpaired) electrons. The third-order valence-electron chi connectivity index (χ3n) is 9.53. The summed E-state index contributed by atoms with van der Waals surface area (Å²) >= 11 is 5.74. The Morgan fingerprint density at radius 1 is 0.891 bits per heavy atom. The molecule has 55 heavy (non-hydrogen) atoms. The largest absolute Gasteiger partial charge is 0.484 e. The van der Waals surface area contributed by atoms with E-state index >= 15 is 0 Å². The van der Waals surface area contributed by atoms with E-state index < -0.39 is 11.7 Å². The van der Waals surface area contributed by atoms with Crippen molar-refractivity contribution in [1.82, 2.24) is 30.6 Å². The van der Waals surface area contributed by atoms with Crippen LogP contribution < -0.4 is 25.8 Å². The molecule has 290 valence electrons. The van der Waals surface area contributed by atoms with E-state index in [4.69, 9.17) is 21.1 Å². The number of carbonyl (C=O) groups excluding carboxylic acids is 4. The normalized spacial score (nSPS) is 14.4. The van der Waals surface area contributed by atoms with E-state index in [1.54, 1.807) is 34.1 Å². The molecule has 0 spiro atoms. The summed E-state index contributed by atoms with van der Waals surface area (Å²) in [6, 6.07) is 16.9. The van der Waals surface area contributed by atoms with E-state index in [2.05, 4.69) is 20.8 Å². The average Bonchev–Trinajstić information content (AvgIpc) is 3.20. The van der Waals surface area contributed by atoms with Crippen LogP contribution in [0.2, 0.25) is 0 Å². The van der Waals surface area contributed by atoms with Crippen LogP contribution in [0.5, 0.6) is 5.75 Å². The second kappa shape index (κ2) is 18.8. The molecule has 14 nitrogen and oxygen atoms in total. The number of aryl methyl sites for hydroxylation is 1. The number of H-pyrrole nitrogens is 1. The van der Waals surface area contributed by atoms with E-state index in [0.717, 1.165) is 24.1 Å². The number of benzene rings is 3. The number of hydrogen-bond acceptors (Lipinski definition) is 9. The van der Waals surface area contributed by atoms with Crippen LogP contribution in [0, 0.1) is 5.82 Å². The van der Waals surface area contributed by atoms with Gasteiger partial charge in [0.25, 0.3) is 17.4 Å². The zero-order valence-electron chi connectivity index (χ0n) is 30.3. The number of rotatable bonds is 15. The van der Waals surface area contributed by atoms with E-state index in [9.17, 15) is 28.4 Å². The van der Waals surface area contributed by atoms with Gasteiger partial charge in [-0.2, -0.15) is 5.10 Å². The molecule has 3 aromatic carbocycles. The van der Waals surface area contributed by atoms with Gasteiger partial charge >= 0.3 is 0 Å². The molecule has 2 aliphatic rings. The number of aromatic nitrogens is 2. The molecule has 6 rings (SSSR count). The first kappa shape index (κ1) is 39.3. The van der Waals surface area contributed by atoms with Crippen molar-refractivity contribution in [3.63, 3.8) is 0 Å². The number of fused-ring (bicyclic) bond motifs is 2. The van der Waals surface area contributed by atoms with Crippen molar-refractivity contribution in [3.8, 4) is 5.75 Å². The Kier molecular flexibility index (Phi) is 13.4. The topological polar surface area (TPSA) is 166 Å². The molecule has 3 N–H and O–H groups in total. The molecule has 1 saturated heterocycles. The van der Waals surface area contributed by atoms with Crippen molar-refractivity contribution in [2.24, 2.45) is 0 Å². The van der Waals surface area contributed by atoms with Crippen LogP contribution in [-0.4, -0.2) is 122 Å². The Balaban J connectivity index is 0.844. The maximum atomic E-state index is 14.9. The van der Waals surface area contributed by atoms with E-state index in [-0.39, 0.29) is 67.6 Å². The quantitative estimate of drug-likeness (QED) is 0.121. The number of amides is 4. The van der Waals surface area contributed by atoms with Gasteiger partial charge in [0.05, 0.1) is 36.4 Å². The number of nitrogens with zero attached hydrogens (tertiary/aromatic N) is 4. The van der Waals surface area contributed by atoms with Gasteiger partial charge in [0.15, 0.2) is 6.61 Å². The Labute approximate surface area is 321 Å². The summed E-state index contributed by atoms with van der Waals surface area (Å²) < 4.78 is 26.0. The lowest BCUT2D eigenvalue weighted by molar-refractivity contribution is -0.123. The molecule has 1 fully saturated rings. The van der Waals surface area contributed by atoms with Crippen LogP contribution in [0.25, 0.3) is 10.8 Å². The predicted molar refractivity (Wildman–Crippen MR) is 204 cm³/mol.